The minimum Gasteiger partial charge on any atom is -0.310 e. The van der Waals surface area contributed by atoms with Gasteiger partial charge in [-0.1, -0.05) is 189 Å². The fourth-order valence-electron chi connectivity index (χ4n) is 10.8. The van der Waals surface area contributed by atoms with Gasteiger partial charge in [-0.15, -0.1) is 11.3 Å². The van der Waals surface area contributed by atoms with Crippen molar-refractivity contribution < 1.29 is 0 Å². The second-order valence-electron chi connectivity index (χ2n) is 17.1. The van der Waals surface area contributed by atoms with Gasteiger partial charge in [0.25, 0.3) is 0 Å². The molecule has 1 heterocycles. The van der Waals surface area contributed by atoms with E-state index in [1.54, 1.807) is 0 Å². The summed E-state index contributed by atoms with van der Waals surface area (Å²) in [6.07, 6.45) is 6.39. The van der Waals surface area contributed by atoms with Gasteiger partial charge < -0.3 is 4.90 Å². The molecule has 0 amide bonds. The van der Waals surface area contributed by atoms with Gasteiger partial charge in [0.05, 0.1) is 5.69 Å². The molecule has 0 atom stereocenters. The Hall–Kier alpha value is -7.00. The number of hydrogen-bond donors (Lipinski definition) is 0. The van der Waals surface area contributed by atoms with Crippen LogP contribution in [0.15, 0.2) is 212 Å². The van der Waals surface area contributed by atoms with Gasteiger partial charge in [-0.25, -0.2) is 0 Å². The summed E-state index contributed by atoms with van der Waals surface area (Å²) in [6, 6.07) is 79.0. The fraction of sp³-hybridized carbons (Fsp3) is 0.100. The Kier molecular flexibility index (Phi) is 9.01. The molecule has 2 heteroatoms. The van der Waals surface area contributed by atoms with E-state index >= 15 is 0 Å². The molecule has 9 aromatic carbocycles. The van der Waals surface area contributed by atoms with Crippen LogP contribution in [-0.4, -0.2) is 0 Å². The lowest BCUT2D eigenvalue weighted by atomic mass is 9.67. The zero-order valence-corrected chi connectivity index (χ0v) is 35.4. The maximum absolute atomic E-state index is 2.53. The summed E-state index contributed by atoms with van der Waals surface area (Å²) in [4.78, 5) is 2.47. The van der Waals surface area contributed by atoms with Crippen molar-refractivity contribution in [3.8, 4) is 55.6 Å². The van der Waals surface area contributed by atoms with Gasteiger partial charge in [0.2, 0.25) is 0 Å². The Morgan fingerprint density at radius 1 is 0.339 bits per heavy atom. The summed E-state index contributed by atoms with van der Waals surface area (Å²) in [7, 11) is 0. The van der Waals surface area contributed by atoms with Crippen molar-refractivity contribution in [3.05, 3.63) is 223 Å². The molecule has 296 valence electrons. The molecule has 62 heavy (non-hydrogen) atoms. The van der Waals surface area contributed by atoms with Gasteiger partial charge in [-0.3, -0.25) is 0 Å². The van der Waals surface area contributed by atoms with Crippen molar-refractivity contribution in [2.75, 3.05) is 4.90 Å². The number of nitrogens with zero attached hydrogens (tertiary/aromatic N) is 1. The summed E-state index contributed by atoms with van der Waals surface area (Å²) < 4.78 is 2.60. The SMILES string of the molecule is c1ccc(-c2ccccc2-c2ccccc2-c2ccccc2N(c2ccc(-c3ccc4c(c3)C3(CCCCC3)c3ccccc3-4)cc2)c2ccc3c(c2)sc2ccccc23)cc1. The van der Waals surface area contributed by atoms with Crippen LogP contribution in [0, 0.1) is 0 Å². The molecule has 0 unspecified atom stereocenters. The topological polar surface area (TPSA) is 3.24 Å². The van der Waals surface area contributed by atoms with Crippen molar-refractivity contribution in [3.63, 3.8) is 0 Å². The van der Waals surface area contributed by atoms with Crippen molar-refractivity contribution in [2.24, 2.45) is 0 Å². The minimum atomic E-state index is 0.129. The predicted molar refractivity (Wildman–Crippen MR) is 265 cm³/mol. The number of rotatable bonds is 7. The molecule has 0 saturated heterocycles. The molecule has 2 aliphatic rings. The molecule has 12 rings (SSSR count). The monoisotopic (exact) mass is 811 g/mol. The van der Waals surface area contributed by atoms with Crippen LogP contribution in [-0.2, 0) is 5.41 Å². The van der Waals surface area contributed by atoms with E-state index in [9.17, 15) is 0 Å². The van der Waals surface area contributed by atoms with E-state index in [1.807, 2.05) is 11.3 Å². The normalized spacial score (nSPS) is 13.9. The number of benzene rings is 9. The van der Waals surface area contributed by atoms with Crippen LogP contribution in [0.1, 0.15) is 43.2 Å². The van der Waals surface area contributed by atoms with Crippen LogP contribution in [0.3, 0.4) is 0 Å². The third-order valence-electron chi connectivity index (χ3n) is 13.7. The third kappa shape index (κ3) is 6.04. The lowest BCUT2D eigenvalue weighted by Gasteiger charge is -2.36. The molecule has 0 aliphatic heterocycles. The average molecular weight is 812 g/mol. The second kappa shape index (κ2) is 15.2. The lowest BCUT2D eigenvalue weighted by molar-refractivity contribution is 0.353. The quantitative estimate of drug-likeness (QED) is 0.155. The molecular weight excluding hydrogens is 767 g/mol. The maximum atomic E-state index is 2.53. The van der Waals surface area contributed by atoms with E-state index in [0.29, 0.717) is 0 Å². The predicted octanol–water partition coefficient (Wildman–Crippen LogP) is 17.4. The highest BCUT2D eigenvalue weighted by Gasteiger charge is 2.43. The summed E-state index contributed by atoms with van der Waals surface area (Å²) in [5.74, 6) is 0. The van der Waals surface area contributed by atoms with Crippen molar-refractivity contribution >= 4 is 48.6 Å². The minimum absolute atomic E-state index is 0.129. The molecule has 1 aromatic heterocycles. The van der Waals surface area contributed by atoms with E-state index in [1.165, 1.54) is 119 Å². The van der Waals surface area contributed by atoms with Gasteiger partial charge in [-0.05, 0) is 117 Å². The Morgan fingerprint density at radius 3 is 1.69 bits per heavy atom. The second-order valence-corrected chi connectivity index (χ2v) is 18.2. The largest absolute Gasteiger partial charge is 0.310 e. The van der Waals surface area contributed by atoms with Crippen molar-refractivity contribution in [1.29, 1.82) is 0 Å². The first kappa shape index (κ1) is 36.8. The molecule has 0 radical (unpaired) electrons. The van der Waals surface area contributed by atoms with Gasteiger partial charge in [0.1, 0.15) is 0 Å². The van der Waals surface area contributed by atoms with Crippen LogP contribution >= 0.6 is 11.3 Å². The maximum Gasteiger partial charge on any atom is 0.0540 e. The van der Waals surface area contributed by atoms with Gasteiger partial charge in [-0.2, -0.15) is 0 Å². The van der Waals surface area contributed by atoms with Crippen molar-refractivity contribution in [2.45, 2.75) is 37.5 Å². The number of fused-ring (bicyclic) bond motifs is 8. The summed E-state index contributed by atoms with van der Waals surface area (Å²) in [5, 5.41) is 2.61. The van der Waals surface area contributed by atoms with Gasteiger partial charge in [0, 0.05) is 42.5 Å². The smallest absolute Gasteiger partial charge is 0.0540 e. The molecule has 2 aliphatic carbocycles. The van der Waals surface area contributed by atoms with E-state index < -0.39 is 0 Å². The first-order valence-corrected chi connectivity index (χ1v) is 22.9. The van der Waals surface area contributed by atoms with E-state index in [-0.39, 0.29) is 5.41 Å². The highest BCUT2D eigenvalue weighted by molar-refractivity contribution is 7.25. The molecule has 1 saturated carbocycles. The van der Waals surface area contributed by atoms with E-state index in [4.69, 9.17) is 0 Å². The van der Waals surface area contributed by atoms with Crippen LogP contribution in [0.4, 0.5) is 17.1 Å². The number of thiophene rings is 1. The van der Waals surface area contributed by atoms with Gasteiger partial charge >= 0.3 is 0 Å². The molecule has 10 aromatic rings. The zero-order valence-electron chi connectivity index (χ0n) is 34.6. The zero-order chi connectivity index (χ0) is 41.0. The number of hydrogen-bond acceptors (Lipinski definition) is 2. The Balaban J connectivity index is 1.00. The Labute approximate surface area is 368 Å². The fourth-order valence-corrected chi connectivity index (χ4v) is 12.0. The number of anilines is 3. The van der Waals surface area contributed by atoms with Crippen LogP contribution < -0.4 is 4.90 Å². The van der Waals surface area contributed by atoms with Gasteiger partial charge in [0.15, 0.2) is 0 Å². The molecule has 1 nitrogen and oxygen atoms in total. The standard InChI is InChI=1S/C60H45NS/c1-3-17-42(18-4-1)46-19-5-6-20-47(46)48-21-7-8-22-49(48)52-24-10-13-27-57(52)61(45-34-36-54-53-25-11-14-28-58(53)62-59(54)40-45)44-32-29-41(30-33-44)43-31-35-51-50-23-9-12-26-55(50)60(56(51)39-43)37-15-2-16-38-60/h1,3-14,17-36,39-40H,2,15-16,37-38H2. The lowest BCUT2D eigenvalue weighted by Crippen LogP contribution is -2.28. The molecule has 1 fully saturated rings. The Bertz CT molecular complexity index is 3280. The first-order valence-electron chi connectivity index (χ1n) is 22.1. The van der Waals surface area contributed by atoms with Crippen molar-refractivity contribution in [1.82, 2.24) is 0 Å². The summed E-state index contributed by atoms with van der Waals surface area (Å²) in [6.45, 7) is 0. The highest BCUT2D eigenvalue weighted by atomic mass is 32.1. The van der Waals surface area contributed by atoms with Crippen LogP contribution in [0.5, 0.6) is 0 Å². The summed E-state index contributed by atoms with van der Waals surface area (Å²) in [5.41, 5.74) is 19.2. The number of para-hydroxylation sites is 1. The van der Waals surface area contributed by atoms with E-state index in [0.717, 1.165) is 17.1 Å². The van der Waals surface area contributed by atoms with Crippen LogP contribution in [0.2, 0.25) is 0 Å². The molecular formula is C60H45NS. The first-order chi connectivity index (χ1) is 30.7. The molecule has 0 N–H and O–H groups in total. The van der Waals surface area contributed by atoms with Crippen LogP contribution in [0.25, 0.3) is 75.8 Å². The molecule has 0 bridgehead atoms. The average Bonchev–Trinajstić information content (AvgIpc) is 3.85. The van der Waals surface area contributed by atoms with E-state index in [2.05, 4.69) is 217 Å². The highest BCUT2D eigenvalue weighted by Crippen LogP contribution is 2.56. The summed E-state index contributed by atoms with van der Waals surface area (Å²) >= 11 is 1.87. The Morgan fingerprint density at radius 2 is 0.903 bits per heavy atom. The molecule has 1 spiro atoms. The third-order valence-corrected chi connectivity index (χ3v) is 14.9.